The number of pyridine rings is 1. The Hall–Kier alpha value is -3.63. The minimum Gasteiger partial charge on any atom is -0.355 e. The highest BCUT2D eigenvalue weighted by molar-refractivity contribution is 5.97. The van der Waals surface area contributed by atoms with Gasteiger partial charge in [-0.15, -0.1) is 0 Å². The van der Waals surface area contributed by atoms with E-state index in [4.69, 9.17) is 0 Å². The lowest BCUT2D eigenvalue weighted by Crippen LogP contribution is -2.50. The molecule has 2 bridgehead atoms. The van der Waals surface area contributed by atoms with Crippen LogP contribution in [0.3, 0.4) is 0 Å². The fourth-order valence-electron chi connectivity index (χ4n) is 5.48. The summed E-state index contributed by atoms with van der Waals surface area (Å²) in [5, 5.41) is 5.18. The fraction of sp³-hybridized carbons (Fsp3) is 0.417. The van der Waals surface area contributed by atoms with Crippen molar-refractivity contribution < 1.29 is 27.6 Å². The van der Waals surface area contributed by atoms with Gasteiger partial charge in [-0.2, -0.15) is 0 Å². The SMILES string of the molecule is CC1CCC2(CNC(=O)C2)C2CN1C(=O)c1cc(=O)c(C(=O)NCc3c(F)cc(F)cc3F)cn12. The first-order valence-corrected chi connectivity index (χ1v) is 11.3. The van der Waals surface area contributed by atoms with Gasteiger partial charge in [0.25, 0.3) is 11.8 Å². The smallest absolute Gasteiger partial charge is 0.270 e. The van der Waals surface area contributed by atoms with E-state index in [1.165, 1.54) is 6.20 Å². The Bertz CT molecular complexity index is 1300. The highest BCUT2D eigenvalue weighted by Crippen LogP contribution is 2.48. The van der Waals surface area contributed by atoms with E-state index < -0.39 is 46.3 Å². The first-order valence-electron chi connectivity index (χ1n) is 11.3. The number of carbonyl (C=O) groups is 3. The third-order valence-corrected chi connectivity index (χ3v) is 7.49. The second-order valence-corrected chi connectivity index (χ2v) is 9.55. The Morgan fingerprint density at radius 2 is 1.89 bits per heavy atom. The van der Waals surface area contributed by atoms with E-state index in [1.807, 2.05) is 6.92 Å². The van der Waals surface area contributed by atoms with Crippen LogP contribution in [-0.4, -0.2) is 46.3 Å². The number of halogens is 3. The van der Waals surface area contributed by atoms with Crippen LogP contribution < -0.4 is 16.1 Å². The maximum absolute atomic E-state index is 13.9. The van der Waals surface area contributed by atoms with Crippen LogP contribution in [0.25, 0.3) is 0 Å². The average molecular weight is 488 g/mol. The molecule has 3 aliphatic heterocycles. The van der Waals surface area contributed by atoms with Crippen LogP contribution in [0.5, 0.6) is 0 Å². The van der Waals surface area contributed by atoms with E-state index >= 15 is 0 Å². The summed E-state index contributed by atoms with van der Waals surface area (Å²) in [7, 11) is 0. The maximum Gasteiger partial charge on any atom is 0.270 e. The van der Waals surface area contributed by atoms with Crippen LogP contribution in [0.15, 0.2) is 29.2 Å². The molecule has 8 nitrogen and oxygen atoms in total. The summed E-state index contributed by atoms with van der Waals surface area (Å²) in [6.45, 7) is 2.08. The van der Waals surface area contributed by atoms with Gasteiger partial charge in [-0.25, -0.2) is 13.2 Å². The molecule has 0 aliphatic carbocycles. The predicted molar refractivity (Wildman–Crippen MR) is 117 cm³/mol. The number of hydrogen-bond donors (Lipinski definition) is 2. The Labute approximate surface area is 198 Å². The van der Waals surface area contributed by atoms with Gasteiger partial charge in [0.15, 0.2) is 5.43 Å². The quantitative estimate of drug-likeness (QED) is 0.689. The van der Waals surface area contributed by atoms with Crippen molar-refractivity contribution in [3.63, 3.8) is 0 Å². The monoisotopic (exact) mass is 488 g/mol. The van der Waals surface area contributed by atoms with E-state index in [1.54, 1.807) is 9.47 Å². The first kappa shape index (κ1) is 23.1. The molecule has 0 radical (unpaired) electrons. The molecule has 2 N–H and O–H groups in total. The van der Waals surface area contributed by atoms with E-state index in [-0.39, 0.29) is 41.6 Å². The zero-order valence-corrected chi connectivity index (χ0v) is 18.9. The summed E-state index contributed by atoms with van der Waals surface area (Å²) in [5.41, 5.74) is -1.92. The van der Waals surface area contributed by atoms with Crippen LogP contribution in [0.1, 0.15) is 58.6 Å². The van der Waals surface area contributed by atoms with Gasteiger partial charge in [0.1, 0.15) is 28.7 Å². The summed E-state index contributed by atoms with van der Waals surface area (Å²) in [6.07, 6.45) is 2.93. The number of fused-ring (bicyclic) bond motifs is 5. The van der Waals surface area contributed by atoms with Gasteiger partial charge in [-0.1, -0.05) is 0 Å². The third kappa shape index (κ3) is 3.78. The molecule has 35 heavy (non-hydrogen) atoms. The number of carbonyl (C=O) groups excluding carboxylic acids is 3. The third-order valence-electron chi connectivity index (χ3n) is 7.49. The van der Waals surface area contributed by atoms with E-state index in [0.717, 1.165) is 6.07 Å². The van der Waals surface area contributed by atoms with Crippen molar-refractivity contribution >= 4 is 17.7 Å². The van der Waals surface area contributed by atoms with Gasteiger partial charge < -0.3 is 20.1 Å². The number of rotatable bonds is 3. The van der Waals surface area contributed by atoms with Crippen molar-refractivity contribution in [3.8, 4) is 0 Å². The van der Waals surface area contributed by atoms with Crippen LogP contribution in [0, 0.1) is 22.9 Å². The zero-order chi connectivity index (χ0) is 25.1. The van der Waals surface area contributed by atoms with Crippen molar-refractivity contribution in [2.45, 2.75) is 44.8 Å². The molecule has 3 amide bonds. The molecule has 5 rings (SSSR count). The standard InChI is InChI=1S/C24H23F3N4O4/c1-12-2-3-24(7-21(33)29-11-24)20-10-30(12)23(35)18-6-19(32)15(9-31(18)20)22(34)28-8-14-16(26)4-13(25)5-17(14)27/h4-6,9,12,20H,2-3,7-8,10-11H2,1H3,(H,28,34)(H,29,33). The number of nitrogens with zero attached hydrogens (tertiary/aromatic N) is 2. The van der Waals surface area contributed by atoms with Crippen molar-refractivity contribution in [1.29, 1.82) is 0 Å². The summed E-state index contributed by atoms with van der Waals surface area (Å²) < 4.78 is 42.7. The van der Waals surface area contributed by atoms with Crippen molar-refractivity contribution in [1.82, 2.24) is 20.1 Å². The number of aromatic nitrogens is 1. The maximum atomic E-state index is 13.9. The summed E-state index contributed by atoms with van der Waals surface area (Å²) in [4.78, 5) is 52.7. The van der Waals surface area contributed by atoms with Gasteiger partial charge in [-0.05, 0) is 19.8 Å². The topological polar surface area (TPSA) is 101 Å². The second kappa shape index (κ2) is 8.24. The first-order chi connectivity index (χ1) is 16.6. The highest BCUT2D eigenvalue weighted by Gasteiger charge is 2.51. The molecule has 0 saturated carbocycles. The molecule has 11 heteroatoms. The predicted octanol–water partition coefficient (Wildman–Crippen LogP) is 1.88. The van der Waals surface area contributed by atoms with Crippen molar-refractivity contribution in [3.05, 3.63) is 68.9 Å². The molecule has 2 aromatic rings. The average Bonchev–Trinajstić information content (AvgIpc) is 3.12. The Balaban J connectivity index is 1.51. The molecule has 2 fully saturated rings. The molecule has 4 heterocycles. The van der Waals surface area contributed by atoms with Crippen molar-refractivity contribution in [2.75, 3.05) is 13.1 Å². The van der Waals surface area contributed by atoms with Gasteiger partial charge in [0.2, 0.25) is 5.91 Å². The minimum absolute atomic E-state index is 0.0765. The Morgan fingerprint density at radius 1 is 1.17 bits per heavy atom. The molecule has 2 saturated heterocycles. The van der Waals surface area contributed by atoms with Gasteiger partial charge >= 0.3 is 0 Å². The molecule has 3 atom stereocenters. The van der Waals surface area contributed by atoms with Crippen LogP contribution in [0.2, 0.25) is 0 Å². The summed E-state index contributed by atoms with van der Waals surface area (Å²) in [6, 6.07) is 1.68. The van der Waals surface area contributed by atoms with E-state index in [2.05, 4.69) is 10.6 Å². The number of amides is 3. The molecule has 3 unspecified atom stereocenters. The molecular weight excluding hydrogens is 465 g/mol. The lowest BCUT2D eigenvalue weighted by Gasteiger charge is -2.42. The van der Waals surface area contributed by atoms with Crippen molar-refractivity contribution in [2.24, 2.45) is 5.41 Å². The van der Waals surface area contributed by atoms with E-state index in [9.17, 15) is 32.3 Å². The fourth-order valence-corrected chi connectivity index (χ4v) is 5.48. The Kier molecular flexibility index (Phi) is 5.45. The number of benzene rings is 1. The zero-order valence-electron chi connectivity index (χ0n) is 18.9. The largest absolute Gasteiger partial charge is 0.355 e. The number of nitrogens with one attached hydrogen (secondary N) is 2. The normalized spacial score (nSPS) is 25.3. The molecule has 1 aromatic heterocycles. The lowest BCUT2D eigenvalue weighted by atomic mass is 9.75. The minimum atomic E-state index is -1.16. The molecule has 1 spiro atoms. The van der Waals surface area contributed by atoms with Crippen LogP contribution >= 0.6 is 0 Å². The highest BCUT2D eigenvalue weighted by atomic mass is 19.1. The molecule has 3 aliphatic rings. The summed E-state index contributed by atoms with van der Waals surface area (Å²) in [5.74, 6) is -4.73. The van der Waals surface area contributed by atoms with Gasteiger partial charge in [-0.3, -0.25) is 19.2 Å². The molecular formula is C24H23F3N4O4. The molecule has 184 valence electrons. The van der Waals surface area contributed by atoms with Crippen LogP contribution in [0.4, 0.5) is 13.2 Å². The van der Waals surface area contributed by atoms with Gasteiger partial charge in [0.05, 0.1) is 6.04 Å². The number of hydrogen-bond acceptors (Lipinski definition) is 4. The molecule has 1 aromatic carbocycles. The Morgan fingerprint density at radius 3 is 2.54 bits per heavy atom. The van der Waals surface area contributed by atoms with Crippen LogP contribution in [-0.2, 0) is 11.3 Å². The second-order valence-electron chi connectivity index (χ2n) is 9.55. The lowest BCUT2D eigenvalue weighted by molar-refractivity contribution is -0.119. The van der Waals surface area contributed by atoms with Gasteiger partial charge in [0, 0.05) is 67.5 Å². The summed E-state index contributed by atoms with van der Waals surface area (Å²) >= 11 is 0. The van der Waals surface area contributed by atoms with E-state index in [0.29, 0.717) is 38.1 Å².